The molecule has 2 fully saturated rings. The topological polar surface area (TPSA) is 78.8 Å². The van der Waals surface area contributed by atoms with Gasteiger partial charge < -0.3 is 14.7 Å². The van der Waals surface area contributed by atoms with Crippen molar-refractivity contribution in [3.05, 3.63) is 93.2 Å². The number of rotatable bonds is 8. The molecular weight excluding hydrogens is 590 g/mol. The molecule has 0 radical (unpaired) electrons. The second kappa shape index (κ2) is 18.4. The van der Waals surface area contributed by atoms with Gasteiger partial charge in [0.05, 0.1) is 11.6 Å². The molecule has 3 aromatic rings. The molecule has 0 amide bonds. The van der Waals surface area contributed by atoms with Gasteiger partial charge in [-0.3, -0.25) is 9.69 Å². The normalized spacial score (nSPS) is 16.9. The number of nitrogens with zero attached hydrogens (tertiary/aromatic N) is 4. The van der Waals surface area contributed by atoms with E-state index in [1.807, 2.05) is 30.3 Å². The number of hydrogen-bond acceptors (Lipinski definition) is 7. The number of hydrogen-bond donors (Lipinski definition) is 1. The minimum atomic E-state index is -1.31. The Hall–Kier alpha value is -2.46. The zero-order valence-corrected chi connectivity index (χ0v) is 26.8. The van der Waals surface area contributed by atoms with Crippen molar-refractivity contribution in [2.45, 2.75) is 57.7 Å². The molecule has 0 spiro atoms. The second-order valence-electron chi connectivity index (χ2n) is 11.0. The summed E-state index contributed by atoms with van der Waals surface area (Å²) in [6, 6.07) is 12.7. The van der Waals surface area contributed by atoms with Crippen molar-refractivity contribution in [3.8, 4) is 0 Å². The van der Waals surface area contributed by atoms with Crippen LogP contribution in [0.15, 0.2) is 54.9 Å². The Morgan fingerprint density at radius 3 is 2.21 bits per heavy atom. The van der Waals surface area contributed by atoms with E-state index >= 15 is 4.39 Å². The molecule has 0 aliphatic carbocycles. The Labute approximate surface area is 265 Å². The molecule has 5 rings (SSSR count). The van der Waals surface area contributed by atoms with Crippen molar-refractivity contribution >= 4 is 29.5 Å². The van der Waals surface area contributed by atoms with E-state index in [9.17, 15) is 9.90 Å². The lowest BCUT2D eigenvalue weighted by molar-refractivity contribution is 0.0103. The first-order valence-corrected chi connectivity index (χ1v) is 15.6. The fourth-order valence-electron chi connectivity index (χ4n) is 5.39. The van der Waals surface area contributed by atoms with Crippen LogP contribution < -0.4 is 0 Å². The van der Waals surface area contributed by atoms with Crippen LogP contribution in [0.1, 0.15) is 78.5 Å². The van der Waals surface area contributed by atoms with Gasteiger partial charge in [0.15, 0.2) is 6.29 Å². The highest BCUT2D eigenvalue weighted by Crippen LogP contribution is 2.37. The van der Waals surface area contributed by atoms with Crippen molar-refractivity contribution < 1.29 is 19.0 Å². The maximum Gasteiger partial charge on any atom is 0.150 e. The second-order valence-corrected chi connectivity index (χ2v) is 11.9. The molecule has 234 valence electrons. The average Bonchev–Trinajstić information content (AvgIpc) is 3.60. The SMILES string of the molecule is C1CCOC1.CC[C@H](c1cc(F)c([C@@H](O)N(C)Cc2ncc(Cl)cn2)c(C=O)c1)C1CCN(C)CC1.Clc1ccccc1. The average molecular weight is 634 g/mol. The number of halogens is 3. The summed E-state index contributed by atoms with van der Waals surface area (Å²) in [5, 5.41) is 12.0. The maximum atomic E-state index is 15.2. The summed E-state index contributed by atoms with van der Waals surface area (Å²) < 4.78 is 20.2. The zero-order valence-electron chi connectivity index (χ0n) is 25.3. The number of aliphatic hydroxyl groups excluding tert-OH is 1. The smallest absolute Gasteiger partial charge is 0.150 e. The van der Waals surface area contributed by atoms with Crippen LogP contribution in [0.5, 0.6) is 0 Å². The highest BCUT2D eigenvalue weighted by atomic mass is 35.5. The number of piperidine rings is 1. The molecule has 0 saturated carbocycles. The monoisotopic (exact) mass is 632 g/mol. The van der Waals surface area contributed by atoms with E-state index in [0.717, 1.165) is 56.2 Å². The van der Waals surface area contributed by atoms with E-state index in [1.165, 1.54) is 36.2 Å². The first-order chi connectivity index (χ1) is 20.7. The largest absolute Gasteiger partial charge is 0.381 e. The Morgan fingerprint density at radius 2 is 1.72 bits per heavy atom. The molecule has 10 heteroatoms. The number of aliphatic hydroxyl groups is 1. The van der Waals surface area contributed by atoms with Crippen LogP contribution in [0, 0.1) is 11.7 Å². The Kier molecular flexibility index (Phi) is 15.0. The highest BCUT2D eigenvalue weighted by Gasteiger charge is 2.29. The van der Waals surface area contributed by atoms with E-state index < -0.39 is 12.0 Å². The summed E-state index contributed by atoms with van der Waals surface area (Å²) in [6.45, 7) is 6.33. The van der Waals surface area contributed by atoms with Crippen LogP contribution in [0.25, 0.3) is 0 Å². The number of carbonyl (C=O) groups excluding carboxylic acids is 1. The van der Waals surface area contributed by atoms with Crippen molar-refractivity contribution in [3.63, 3.8) is 0 Å². The van der Waals surface area contributed by atoms with Crippen LogP contribution >= 0.6 is 23.2 Å². The van der Waals surface area contributed by atoms with Gasteiger partial charge in [0.2, 0.25) is 0 Å². The van der Waals surface area contributed by atoms with Crippen LogP contribution in [0.2, 0.25) is 10.0 Å². The molecule has 1 N–H and O–H groups in total. The predicted octanol–water partition coefficient (Wildman–Crippen LogP) is 7.18. The fourth-order valence-corrected chi connectivity index (χ4v) is 5.64. The minimum Gasteiger partial charge on any atom is -0.381 e. The summed E-state index contributed by atoms with van der Waals surface area (Å²) in [7, 11) is 3.74. The first kappa shape index (κ1) is 35.0. The number of carbonyl (C=O) groups is 1. The van der Waals surface area contributed by atoms with Crippen molar-refractivity contribution in [2.75, 3.05) is 40.4 Å². The van der Waals surface area contributed by atoms with Gasteiger partial charge in [0.25, 0.3) is 0 Å². The lowest BCUT2D eigenvalue weighted by Gasteiger charge is -2.34. The fraction of sp³-hybridized carbons (Fsp3) is 0.485. The number of ether oxygens (including phenoxy) is 1. The number of aldehydes is 1. The van der Waals surface area contributed by atoms with E-state index in [0.29, 0.717) is 23.1 Å². The van der Waals surface area contributed by atoms with E-state index in [2.05, 4.69) is 28.8 Å². The summed E-state index contributed by atoms with van der Waals surface area (Å²) in [4.78, 5) is 23.8. The summed E-state index contributed by atoms with van der Waals surface area (Å²) in [5.74, 6) is 0.514. The Morgan fingerprint density at radius 1 is 1.09 bits per heavy atom. The molecule has 2 saturated heterocycles. The molecule has 2 aliphatic heterocycles. The summed E-state index contributed by atoms with van der Waals surface area (Å²) in [5.41, 5.74) is 0.988. The number of benzene rings is 2. The quantitative estimate of drug-likeness (QED) is 0.208. The number of aromatic nitrogens is 2. The third kappa shape index (κ3) is 11.2. The van der Waals surface area contributed by atoms with Crippen LogP contribution in [-0.2, 0) is 11.3 Å². The lowest BCUT2D eigenvalue weighted by Crippen LogP contribution is -2.32. The Bertz CT molecular complexity index is 1230. The highest BCUT2D eigenvalue weighted by molar-refractivity contribution is 6.30. The van der Waals surface area contributed by atoms with Crippen LogP contribution in [-0.4, -0.2) is 71.6 Å². The van der Waals surface area contributed by atoms with Gasteiger partial charge in [-0.25, -0.2) is 14.4 Å². The maximum absolute atomic E-state index is 15.2. The molecule has 2 aliphatic rings. The zero-order chi connectivity index (χ0) is 31.2. The van der Waals surface area contributed by atoms with Gasteiger partial charge >= 0.3 is 0 Å². The van der Waals surface area contributed by atoms with E-state index in [4.69, 9.17) is 27.9 Å². The Balaban J connectivity index is 0.000000346. The number of likely N-dealkylation sites (tertiary alicyclic amines) is 1. The van der Waals surface area contributed by atoms with E-state index in [1.54, 1.807) is 13.1 Å². The molecule has 0 bridgehead atoms. The molecule has 2 atom stereocenters. The molecule has 2 aromatic carbocycles. The predicted molar refractivity (Wildman–Crippen MR) is 170 cm³/mol. The lowest BCUT2D eigenvalue weighted by atomic mass is 9.78. The minimum absolute atomic E-state index is 0.0200. The van der Waals surface area contributed by atoms with Crippen LogP contribution in [0.4, 0.5) is 4.39 Å². The van der Waals surface area contributed by atoms with Crippen LogP contribution in [0.3, 0.4) is 0 Å². The van der Waals surface area contributed by atoms with Gasteiger partial charge in [-0.1, -0.05) is 48.3 Å². The summed E-state index contributed by atoms with van der Waals surface area (Å²) >= 11 is 11.3. The molecule has 0 unspecified atom stereocenters. The van der Waals surface area contributed by atoms with Gasteiger partial charge in [-0.15, -0.1) is 0 Å². The molecule has 3 heterocycles. The molecule has 1 aromatic heterocycles. The molecule has 43 heavy (non-hydrogen) atoms. The third-order valence-electron chi connectivity index (χ3n) is 7.81. The van der Waals surface area contributed by atoms with Gasteiger partial charge in [-0.05, 0) is 101 Å². The first-order valence-electron chi connectivity index (χ1n) is 14.8. The molecular formula is C33H43Cl2FN4O3. The van der Waals surface area contributed by atoms with Gasteiger partial charge in [0.1, 0.15) is 17.9 Å². The van der Waals surface area contributed by atoms with Gasteiger partial charge in [0, 0.05) is 41.8 Å². The van der Waals surface area contributed by atoms with Crippen molar-refractivity contribution in [2.24, 2.45) is 5.92 Å². The third-order valence-corrected chi connectivity index (χ3v) is 8.26. The van der Waals surface area contributed by atoms with Crippen molar-refractivity contribution in [1.29, 1.82) is 0 Å². The van der Waals surface area contributed by atoms with Crippen molar-refractivity contribution in [1.82, 2.24) is 19.8 Å². The summed E-state index contributed by atoms with van der Waals surface area (Å²) in [6.07, 6.45) is 7.79. The molecule has 7 nitrogen and oxygen atoms in total. The standard InChI is InChI=1S/C23H30ClFN4O2.C6H5Cl.C4H8O/c1-4-19(15-5-7-28(2)8-6-15)16-9-17(14-30)22(20(25)10-16)23(31)29(3)13-21-26-11-18(24)12-27-21;7-6-4-2-1-3-5-6;1-2-4-5-3-1/h9-12,14-15,19,23,31H,4-8,13H2,1-3H3;1-5H;1-4H2/t19-,23+;;/m0../s1. The van der Waals surface area contributed by atoms with Gasteiger partial charge in [-0.2, -0.15) is 0 Å². The van der Waals surface area contributed by atoms with E-state index in [-0.39, 0.29) is 23.6 Å².